The van der Waals surface area contributed by atoms with Crippen LogP contribution in [-0.2, 0) is 4.79 Å². The number of carbonyl (C=O) groups is 1. The maximum Gasteiger partial charge on any atom is 0.238 e. The molecule has 0 aliphatic rings. The second-order valence-corrected chi connectivity index (χ2v) is 5.02. The van der Waals surface area contributed by atoms with Crippen molar-refractivity contribution in [1.29, 1.82) is 0 Å². The van der Waals surface area contributed by atoms with Crippen LogP contribution in [0.4, 0.5) is 11.4 Å². The first-order valence-electron chi connectivity index (χ1n) is 5.91. The summed E-state index contributed by atoms with van der Waals surface area (Å²) >= 11 is 6.13. The summed E-state index contributed by atoms with van der Waals surface area (Å²) in [7, 11) is 3.78. The molecule has 1 rings (SSSR count). The Bertz CT molecular complexity index is 419. The molecule has 2 N–H and O–H groups in total. The minimum atomic E-state index is -0.0749. The van der Waals surface area contributed by atoms with Crippen LogP contribution < -0.4 is 15.5 Å². The molecule has 18 heavy (non-hydrogen) atoms. The lowest BCUT2D eigenvalue weighted by Crippen LogP contribution is -2.33. The number of anilines is 2. The fourth-order valence-electron chi connectivity index (χ4n) is 1.56. The van der Waals surface area contributed by atoms with Crippen LogP contribution in [0.15, 0.2) is 18.2 Å². The van der Waals surface area contributed by atoms with Gasteiger partial charge in [-0.05, 0) is 12.1 Å². The molecule has 4 nitrogen and oxygen atoms in total. The summed E-state index contributed by atoms with van der Waals surface area (Å²) in [6.45, 7) is 4.28. The van der Waals surface area contributed by atoms with E-state index in [0.717, 1.165) is 11.4 Å². The summed E-state index contributed by atoms with van der Waals surface area (Å²) in [5, 5.41) is 6.55. The van der Waals surface area contributed by atoms with E-state index in [1.165, 1.54) is 0 Å². The summed E-state index contributed by atoms with van der Waals surface area (Å²) in [4.78, 5) is 13.7. The van der Waals surface area contributed by atoms with Gasteiger partial charge in [0.1, 0.15) is 0 Å². The average Bonchev–Trinajstić information content (AvgIpc) is 2.26. The Morgan fingerprint density at radius 2 is 2.06 bits per heavy atom. The number of hydrogen-bond donors (Lipinski definition) is 2. The first kappa shape index (κ1) is 14.8. The van der Waals surface area contributed by atoms with E-state index in [2.05, 4.69) is 10.6 Å². The maximum atomic E-state index is 11.8. The predicted molar refractivity (Wildman–Crippen MR) is 77.5 cm³/mol. The molecule has 0 saturated carbocycles. The lowest BCUT2D eigenvalue weighted by atomic mass is 10.2. The van der Waals surface area contributed by atoms with Crippen molar-refractivity contribution in [3.8, 4) is 0 Å². The van der Waals surface area contributed by atoms with Crippen molar-refractivity contribution in [2.45, 2.75) is 19.9 Å². The number of nitrogens with zero attached hydrogens (tertiary/aromatic N) is 1. The molecular formula is C13H20ClN3O. The van der Waals surface area contributed by atoms with Crippen LogP contribution in [-0.4, -0.2) is 32.6 Å². The van der Waals surface area contributed by atoms with Crippen LogP contribution in [0, 0.1) is 0 Å². The Morgan fingerprint density at radius 3 is 2.61 bits per heavy atom. The maximum absolute atomic E-state index is 11.8. The number of rotatable bonds is 5. The molecule has 1 amide bonds. The zero-order valence-electron chi connectivity index (χ0n) is 11.2. The number of amides is 1. The van der Waals surface area contributed by atoms with Gasteiger partial charge in [-0.15, -0.1) is 0 Å². The highest BCUT2D eigenvalue weighted by molar-refractivity contribution is 6.34. The largest absolute Gasteiger partial charge is 0.375 e. The molecule has 0 aliphatic heterocycles. The van der Waals surface area contributed by atoms with Gasteiger partial charge >= 0.3 is 0 Å². The standard InChI is InChI=1S/C13H20ClN3O/c1-9(2)15-8-12(18)16-11-7-5-6-10(14)13(11)17(3)4/h5-7,9,15H,8H2,1-4H3,(H,16,18). The third-order valence-corrected chi connectivity index (χ3v) is 2.68. The molecule has 1 aromatic rings. The number of benzene rings is 1. The van der Waals surface area contributed by atoms with Gasteiger partial charge in [-0.2, -0.15) is 0 Å². The lowest BCUT2D eigenvalue weighted by Gasteiger charge is -2.19. The quantitative estimate of drug-likeness (QED) is 0.862. The molecule has 0 spiro atoms. The van der Waals surface area contributed by atoms with Crippen LogP contribution in [0.1, 0.15) is 13.8 Å². The number of carbonyl (C=O) groups excluding carboxylic acids is 1. The summed E-state index contributed by atoms with van der Waals surface area (Å²) in [5.74, 6) is -0.0749. The molecule has 0 atom stereocenters. The Labute approximate surface area is 113 Å². The van der Waals surface area contributed by atoms with Crippen molar-refractivity contribution in [3.05, 3.63) is 23.2 Å². The van der Waals surface area contributed by atoms with Crippen LogP contribution in [0.3, 0.4) is 0 Å². The molecule has 0 bridgehead atoms. The van der Waals surface area contributed by atoms with Gasteiger partial charge in [0.05, 0.1) is 22.9 Å². The first-order valence-corrected chi connectivity index (χ1v) is 6.28. The van der Waals surface area contributed by atoms with Gasteiger partial charge in [0.2, 0.25) is 5.91 Å². The van der Waals surface area contributed by atoms with Crippen molar-refractivity contribution in [1.82, 2.24) is 5.32 Å². The van der Waals surface area contributed by atoms with Crippen molar-refractivity contribution < 1.29 is 4.79 Å². The average molecular weight is 270 g/mol. The Balaban J connectivity index is 2.78. The molecule has 0 fully saturated rings. The highest BCUT2D eigenvalue weighted by Crippen LogP contribution is 2.32. The van der Waals surface area contributed by atoms with E-state index < -0.39 is 0 Å². The number of hydrogen-bond acceptors (Lipinski definition) is 3. The second-order valence-electron chi connectivity index (χ2n) is 4.61. The summed E-state index contributed by atoms with van der Waals surface area (Å²) in [6, 6.07) is 5.75. The minimum Gasteiger partial charge on any atom is -0.375 e. The van der Waals surface area contributed by atoms with Crippen LogP contribution in [0.5, 0.6) is 0 Å². The van der Waals surface area contributed by atoms with E-state index in [-0.39, 0.29) is 18.5 Å². The Morgan fingerprint density at radius 1 is 1.39 bits per heavy atom. The van der Waals surface area contributed by atoms with E-state index >= 15 is 0 Å². The van der Waals surface area contributed by atoms with Gasteiger partial charge in [-0.3, -0.25) is 4.79 Å². The SMILES string of the molecule is CC(C)NCC(=O)Nc1cccc(Cl)c1N(C)C. The van der Waals surface area contributed by atoms with Crippen LogP contribution in [0.2, 0.25) is 5.02 Å². The lowest BCUT2D eigenvalue weighted by molar-refractivity contribution is -0.115. The summed E-state index contributed by atoms with van der Waals surface area (Å²) in [6.07, 6.45) is 0. The van der Waals surface area contributed by atoms with E-state index in [1.54, 1.807) is 6.07 Å². The Hall–Kier alpha value is -1.26. The van der Waals surface area contributed by atoms with Crippen LogP contribution >= 0.6 is 11.6 Å². The van der Waals surface area contributed by atoms with Gasteiger partial charge in [-0.25, -0.2) is 0 Å². The molecule has 0 heterocycles. The zero-order valence-corrected chi connectivity index (χ0v) is 12.0. The number of para-hydroxylation sites is 1. The zero-order chi connectivity index (χ0) is 13.7. The van der Waals surface area contributed by atoms with Crippen molar-refractivity contribution in [3.63, 3.8) is 0 Å². The second kappa shape index (κ2) is 6.61. The minimum absolute atomic E-state index is 0.0749. The molecule has 0 saturated heterocycles. The van der Waals surface area contributed by atoms with Gasteiger partial charge in [0.15, 0.2) is 0 Å². The number of halogens is 1. The third-order valence-electron chi connectivity index (χ3n) is 2.38. The molecular weight excluding hydrogens is 250 g/mol. The van der Waals surface area contributed by atoms with E-state index in [9.17, 15) is 4.79 Å². The monoisotopic (exact) mass is 269 g/mol. The fourth-order valence-corrected chi connectivity index (χ4v) is 1.91. The fraction of sp³-hybridized carbons (Fsp3) is 0.462. The Kier molecular flexibility index (Phi) is 5.44. The summed E-state index contributed by atoms with van der Waals surface area (Å²) < 4.78 is 0. The normalized spacial score (nSPS) is 10.6. The van der Waals surface area contributed by atoms with Gasteiger partial charge in [0, 0.05) is 20.1 Å². The van der Waals surface area contributed by atoms with Crippen molar-refractivity contribution >= 4 is 28.9 Å². The van der Waals surface area contributed by atoms with Crippen LogP contribution in [0.25, 0.3) is 0 Å². The van der Waals surface area contributed by atoms with Crippen molar-refractivity contribution in [2.24, 2.45) is 0 Å². The summed E-state index contributed by atoms with van der Waals surface area (Å²) in [5.41, 5.74) is 1.54. The van der Waals surface area contributed by atoms with E-state index in [1.807, 2.05) is 45.0 Å². The highest BCUT2D eigenvalue weighted by atomic mass is 35.5. The van der Waals surface area contributed by atoms with E-state index in [0.29, 0.717) is 5.02 Å². The predicted octanol–water partition coefficient (Wildman–Crippen LogP) is 2.34. The molecule has 100 valence electrons. The highest BCUT2D eigenvalue weighted by Gasteiger charge is 2.11. The molecule has 0 aliphatic carbocycles. The van der Waals surface area contributed by atoms with Gasteiger partial charge in [0.25, 0.3) is 0 Å². The van der Waals surface area contributed by atoms with E-state index in [4.69, 9.17) is 11.6 Å². The number of nitrogens with one attached hydrogen (secondary N) is 2. The van der Waals surface area contributed by atoms with Gasteiger partial charge in [-0.1, -0.05) is 31.5 Å². The third kappa shape index (κ3) is 4.20. The topological polar surface area (TPSA) is 44.4 Å². The first-order chi connectivity index (χ1) is 8.41. The molecule has 0 aromatic heterocycles. The van der Waals surface area contributed by atoms with Gasteiger partial charge < -0.3 is 15.5 Å². The molecule has 0 unspecified atom stereocenters. The molecule has 0 radical (unpaired) electrons. The smallest absolute Gasteiger partial charge is 0.238 e. The molecule has 1 aromatic carbocycles. The molecule has 5 heteroatoms. The van der Waals surface area contributed by atoms with Crippen molar-refractivity contribution in [2.75, 3.05) is 30.9 Å².